The van der Waals surface area contributed by atoms with Crippen LogP contribution in [-0.4, -0.2) is 17.9 Å². The van der Waals surface area contributed by atoms with Gasteiger partial charge in [0.05, 0.1) is 4.88 Å². The van der Waals surface area contributed by atoms with Gasteiger partial charge in [-0.05, 0) is 61.0 Å². The zero-order valence-electron chi connectivity index (χ0n) is 15.0. The van der Waals surface area contributed by atoms with Crippen molar-refractivity contribution < 1.29 is 9.59 Å². The molecule has 5 heteroatoms. The first-order valence-electron chi connectivity index (χ1n) is 8.97. The number of benzene rings is 2. The van der Waals surface area contributed by atoms with E-state index in [0.29, 0.717) is 22.2 Å². The summed E-state index contributed by atoms with van der Waals surface area (Å²) in [6, 6.07) is 17.4. The molecule has 1 aliphatic rings. The van der Waals surface area contributed by atoms with Crippen LogP contribution >= 0.6 is 11.3 Å². The third-order valence-corrected chi connectivity index (χ3v) is 5.46. The van der Waals surface area contributed by atoms with Gasteiger partial charge in [-0.1, -0.05) is 29.8 Å². The molecule has 2 N–H and O–H groups in total. The minimum Gasteiger partial charge on any atom is -0.349 e. The highest BCUT2D eigenvalue weighted by Crippen LogP contribution is 2.29. The van der Waals surface area contributed by atoms with Gasteiger partial charge in [0.25, 0.3) is 11.8 Å². The van der Waals surface area contributed by atoms with Crippen LogP contribution in [-0.2, 0) is 0 Å². The Bertz CT molecular complexity index is 970. The standard InChI is InChI=1S/C22H20N2O2S/c1-14-2-4-15(5-3-14)19-12-13-27-20(19)22(26)24-17-8-6-16(7-9-17)21(25)23-18-10-11-18/h2-9,12-13,18H,10-11H2,1H3,(H,23,25)(H,24,26). The lowest BCUT2D eigenvalue weighted by Gasteiger charge is -2.08. The fourth-order valence-corrected chi connectivity index (χ4v) is 3.65. The zero-order chi connectivity index (χ0) is 18.8. The van der Waals surface area contributed by atoms with Crippen LogP contribution in [0.3, 0.4) is 0 Å². The SMILES string of the molecule is Cc1ccc(-c2ccsc2C(=O)Nc2ccc(C(=O)NC3CC3)cc2)cc1. The van der Waals surface area contributed by atoms with E-state index in [-0.39, 0.29) is 11.8 Å². The van der Waals surface area contributed by atoms with Crippen LogP contribution < -0.4 is 10.6 Å². The number of rotatable bonds is 5. The van der Waals surface area contributed by atoms with Crippen molar-refractivity contribution in [1.82, 2.24) is 5.32 Å². The third-order valence-electron chi connectivity index (χ3n) is 4.55. The van der Waals surface area contributed by atoms with E-state index in [1.165, 1.54) is 16.9 Å². The minimum absolute atomic E-state index is 0.0599. The molecule has 0 aliphatic heterocycles. The highest BCUT2D eigenvalue weighted by atomic mass is 32.1. The van der Waals surface area contributed by atoms with Gasteiger partial charge in [-0.2, -0.15) is 0 Å². The van der Waals surface area contributed by atoms with E-state index in [0.717, 1.165) is 24.0 Å². The molecule has 3 aromatic rings. The molecule has 2 aromatic carbocycles. The van der Waals surface area contributed by atoms with Crippen molar-refractivity contribution in [3.63, 3.8) is 0 Å². The first kappa shape index (κ1) is 17.5. The molecule has 0 radical (unpaired) electrons. The first-order chi connectivity index (χ1) is 13.1. The summed E-state index contributed by atoms with van der Waals surface area (Å²) in [5, 5.41) is 7.81. The topological polar surface area (TPSA) is 58.2 Å². The fraction of sp³-hybridized carbons (Fsp3) is 0.182. The van der Waals surface area contributed by atoms with Crippen LogP contribution in [0.15, 0.2) is 60.0 Å². The number of aryl methyl sites for hydroxylation is 1. The van der Waals surface area contributed by atoms with E-state index in [2.05, 4.69) is 10.6 Å². The number of thiophene rings is 1. The lowest BCUT2D eigenvalue weighted by Crippen LogP contribution is -2.25. The Labute approximate surface area is 162 Å². The van der Waals surface area contributed by atoms with Gasteiger partial charge in [0.1, 0.15) is 0 Å². The highest BCUT2D eigenvalue weighted by molar-refractivity contribution is 7.12. The molecule has 27 heavy (non-hydrogen) atoms. The Hall–Kier alpha value is -2.92. The Kier molecular flexibility index (Phi) is 4.77. The molecule has 4 rings (SSSR count). The Morgan fingerprint density at radius 2 is 1.63 bits per heavy atom. The maximum Gasteiger partial charge on any atom is 0.266 e. The van der Waals surface area contributed by atoms with E-state index in [9.17, 15) is 9.59 Å². The number of amides is 2. The second kappa shape index (κ2) is 7.37. The van der Waals surface area contributed by atoms with Gasteiger partial charge < -0.3 is 10.6 Å². The van der Waals surface area contributed by atoms with Crippen LogP contribution in [0, 0.1) is 6.92 Å². The summed E-state index contributed by atoms with van der Waals surface area (Å²) < 4.78 is 0. The molecule has 1 aromatic heterocycles. The summed E-state index contributed by atoms with van der Waals surface area (Å²) in [4.78, 5) is 25.4. The number of hydrogen-bond acceptors (Lipinski definition) is 3. The van der Waals surface area contributed by atoms with Crippen LogP contribution in [0.4, 0.5) is 5.69 Å². The summed E-state index contributed by atoms with van der Waals surface area (Å²) in [5.74, 6) is -0.203. The summed E-state index contributed by atoms with van der Waals surface area (Å²) in [6.07, 6.45) is 2.12. The van der Waals surface area contributed by atoms with Crippen LogP contribution in [0.25, 0.3) is 11.1 Å². The maximum atomic E-state index is 12.7. The molecule has 1 fully saturated rings. The predicted molar refractivity (Wildman–Crippen MR) is 109 cm³/mol. The Morgan fingerprint density at radius 3 is 2.30 bits per heavy atom. The van der Waals surface area contributed by atoms with Crippen molar-refractivity contribution in [2.45, 2.75) is 25.8 Å². The molecule has 2 amide bonds. The zero-order valence-corrected chi connectivity index (χ0v) is 15.8. The van der Waals surface area contributed by atoms with Crippen molar-refractivity contribution >= 4 is 28.8 Å². The average Bonchev–Trinajstić information content (AvgIpc) is 3.34. The normalized spacial score (nSPS) is 13.2. The second-order valence-electron chi connectivity index (χ2n) is 6.81. The molecule has 0 spiro atoms. The smallest absolute Gasteiger partial charge is 0.266 e. The average molecular weight is 376 g/mol. The van der Waals surface area contributed by atoms with Crippen molar-refractivity contribution in [2.75, 3.05) is 5.32 Å². The van der Waals surface area contributed by atoms with Gasteiger partial charge in [0.15, 0.2) is 0 Å². The summed E-state index contributed by atoms with van der Waals surface area (Å²) in [7, 11) is 0. The lowest BCUT2D eigenvalue weighted by atomic mass is 10.0. The number of carbonyl (C=O) groups excluding carboxylic acids is 2. The fourth-order valence-electron chi connectivity index (χ4n) is 2.83. The molecular formula is C22H20N2O2S. The quantitative estimate of drug-likeness (QED) is 0.667. The highest BCUT2D eigenvalue weighted by Gasteiger charge is 2.23. The van der Waals surface area contributed by atoms with E-state index in [1.54, 1.807) is 24.3 Å². The lowest BCUT2D eigenvalue weighted by molar-refractivity contribution is 0.0950. The predicted octanol–water partition coefficient (Wildman–Crippen LogP) is 4.87. The molecule has 0 atom stereocenters. The molecule has 1 aliphatic carbocycles. The van der Waals surface area contributed by atoms with Gasteiger partial charge in [-0.15, -0.1) is 11.3 Å². The van der Waals surface area contributed by atoms with E-state index >= 15 is 0 Å². The first-order valence-corrected chi connectivity index (χ1v) is 9.85. The van der Waals surface area contributed by atoms with E-state index < -0.39 is 0 Å². The van der Waals surface area contributed by atoms with Gasteiger partial charge >= 0.3 is 0 Å². The molecule has 1 heterocycles. The van der Waals surface area contributed by atoms with Gasteiger partial charge in [-0.3, -0.25) is 9.59 Å². The van der Waals surface area contributed by atoms with Crippen LogP contribution in [0.1, 0.15) is 38.4 Å². The summed E-state index contributed by atoms with van der Waals surface area (Å²) in [6.45, 7) is 2.04. The molecule has 0 unspecified atom stereocenters. The van der Waals surface area contributed by atoms with Gasteiger partial charge in [-0.25, -0.2) is 0 Å². The molecule has 136 valence electrons. The monoisotopic (exact) mass is 376 g/mol. The second-order valence-corrected chi connectivity index (χ2v) is 7.72. The molecule has 1 saturated carbocycles. The number of carbonyl (C=O) groups is 2. The van der Waals surface area contributed by atoms with E-state index in [4.69, 9.17) is 0 Å². The molecule has 4 nitrogen and oxygen atoms in total. The van der Waals surface area contributed by atoms with Crippen molar-refractivity contribution in [3.05, 3.63) is 76.0 Å². The number of hydrogen-bond donors (Lipinski definition) is 2. The van der Waals surface area contributed by atoms with Crippen LogP contribution in [0.5, 0.6) is 0 Å². The van der Waals surface area contributed by atoms with Crippen molar-refractivity contribution in [3.8, 4) is 11.1 Å². The van der Waals surface area contributed by atoms with Crippen LogP contribution in [0.2, 0.25) is 0 Å². The molecule has 0 bridgehead atoms. The Balaban J connectivity index is 1.47. The Morgan fingerprint density at radius 1 is 0.926 bits per heavy atom. The number of anilines is 1. The summed E-state index contributed by atoms with van der Waals surface area (Å²) in [5.41, 5.74) is 4.42. The third kappa shape index (κ3) is 4.09. The van der Waals surface area contributed by atoms with Crippen molar-refractivity contribution in [1.29, 1.82) is 0 Å². The van der Waals surface area contributed by atoms with Crippen molar-refractivity contribution in [2.24, 2.45) is 0 Å². The largest absolute Gasteiger partial charge is 0.349 e. The molecule has 0 saturated heterocycles. The minimum atomic E-state index is -0.143. The van der Waals surface area contributed by atoms with Gasteiger partial charge in [0, 0.05) is 22.9 Å². The van der Waals surface area contributed by atoms with Gasteiger partial charge in [0.2, 0.25) is 0 Å². The number of nitrogens with one attached hydrogen (secondary N) is 2. The van der Waals surface area contributed by atoms with E-state index in [1.807, 2.05) is 42.6 Å². The summed E-state index contributed by atoms with van der Waals surface area (Å²) >= 11 is 1.42. The maximum absolute atomic E-state index is 12.7. The molecular weight excluding hydrogens is 356 g/mol.